The first kappa shape index (κ1) is 16.2. The van der Waals surface area contributed by atoms with E-state index >= 15 is 0 Å². The van der Waals surface area contributed by atoms with Crippen molar-refractivity contribution < 1.29 is 9.53 Å². The summed E-state index contributed by atoms with van der Waals surface area (Å²) in [7, 11) is 1.91. The van der Waals surface area contributed by atoms with Crippen LogP contribution in [-0.4, -0.2) is 50.5 Å². The number of hydrogen-bond donors (Lipinski definition) is 0. The van der Waals surface area contributed by atoms with Crippen LogP contribution in [0.3, 0.4) is 0 Å². The van der Waals surface area contributed by atoms with Crippen molar-refractivity contribution in [3.8, 4) is 0 Å². The average molecular weight is 341 g/mol. The average Bonchev–Trinajstić information content (AvgIpc) is 3.37. The van der Waals surface area contributed by atoms with E-state index in [4.69, 9.17) is 4.74 Å². The first-order chi connectivity index (χ1) is 12.2. The molecule has 0 N–H and O–H groups in total. The van der Waals surface area contributed by atoms with Gasteiger partial charge in [0.05, 0.1) is 25.3 Å². The Morgan fingerprint density at radius 3 is 2.96 bits per heavy atom. The smallest absolute Gasteiger partial charge is 0.228 e. The highest BCUT2D eigenvalue weighted by atomic mass is 16.5. The summed E-state index contributed by atoms with van der Waals surface area (Å²) in [6.07, 6.45) is 4.58. The summed E-state index contributed by atoms with van der Waals surface area (Å²) >= 11 is 0. The van der Waals surface area contributed by atoms with Gasteiger partial charge in [-0.05, 0) is 30.9 Å². The highest BCUT2D eigenvalue weighted by molar-refractivity contribution is 5.78. The molecule has 0 saturated heterocycles. The lowest BCUT2D eigenvalue weighted by Crippen LogP contribution is -2.41. The largest absolute Gasteiger partial charge is 0.380 e. The zero-order chi connectivity index (χ0) is 17.2. The Bertz CT molecular complexity index is 741. The minimum absolute atomic E-state index is 0.0715. The lowest BCUT2D eigenvalue weighted by atomic mass is 9.98. The number of carbonyl (C=O) groups is 1. The first-order valence-electron chi connectivity index (χ1n) is 8.84. The van der Waals surface area contributed by atoms with Crippen LogP contribution in [0.2, 0.25) is 0 Å². The summed E-state index contributed by atoms with van der Waals surface area (Å²) < 4.78 is 7.73. The number of pyridine rings is 1. The molecule has 132 valence electrons. The van der Waals surface area contributed by atoms with E-state index < -0.39 is 0 Å². The van der Waals surface area contributed by atoms with Crippen molar-refractivity contribution in [2.24, 2.45) is 13.0 Å². The fraction of sp³-hybridized carbons (Fsp3) is 0.556. The van der Waals surface area contributed by atoms with Crippen molar-refractivity contribution in [2.45, 2.75) is 31.7 Å². The fourth-order valence-corrected chi connectivity index (χ4v) is 3.37. The summed E-state index contributed by atoms with van der Waals surface area (Å²) in [5.41, 5.74) is 2.76. The molecule has 2 aromatic heterocycles. The second kappa shape index (κ2) is 6.92. The van der Waals surface area contributed by atoms with E-state index in [1.54, 1.807) is 6.20 Å². The van der Waals surface area contributed by atoms with E-state index in [2.05, 4.69) is 15.3 Å². The van der Waals surface area contributed by atoms with Crippen LogP contribution in [0.1, 0.15) is 35.8 Å². The van der Waals surface area contributed by atoms with E-state index in [1.165, 1.54) is 12.8 Å². The minimum atomic E-state index is 0.0715. The number of hydrogen-bond acceptors (Lipinski definition) is 5. The van der Waals surface area contributed by atoms with Crippen LogP contribution in [0.15, 0.2) is 24.4 Å². The Morgan fingerprint density at radius 2 is 2.20 bits per heavy atom. The van der Waals surface area contributed by atoms with E-state index in [9.17, 15) is 4.79 Å². The Morgan fingerprint density at radius 1 is 1.32 bits per heavy atom. The van der Waals surface area contributed by atoms with Crippen LogP contribution in [0.5, 0.6) is 0 Å². The van der Waals surface area contributed by atoms with Crippen molar-refractivity contribution in [1.29, 1.82) is 0 Å². The van der Waals surface area contributed by atoms with Gasteiger partial charge in [0.1, 0.15) is 5.69 Å². The number of aryl methyl sites for hydroxylation is 1. The van der Waals surface area contributed by atoms with Gasteiger partial charge in [0.25, 0.3) is 0 Å². The maximum Gasteiger partial charge on any atom is 0.228 e. The zero-order valence-corrected chi connectivity index (χ0v) is 14.5. The monoisotopic (exact) mass is 341 g/mol. The van der Waals surface area contributed by atoms with Crippen LogP contribution < -0.4 is 0 Å². The molecular formula is C18H23N5O2. The minimum Gasteiger partial charge on any atom is -0.380 e. The Kier molecular flexibility index (Phi) is 4.48. The maximum absolute atomic E-state index is 12.7. The molecular weight excluding hydrogens is 318 g/mol. The molecule has 3 heterocycles. The van der Waals surface area contributed by atoms with Gasteiger partial charge in [0.2, 0.25) is 5.91 Å². The zero-order valence-electron chi connectivity index (χ0n) is 14.5. The molecule has 1 atom stereocenters. The van der Waals surface area contributed by atoms with Gasteiger partial charge in [0.15, 0.2) is 0 Å². The molecule has 0 aromatic carbocycles. The fourth-order valence-electron chi connectivity index (χ4n) is 3.37. The number of fused-ring (bicyclic) bond motifs is 1. The first-order valence-corrected chi connectivity index (χ1v) is 8.84. The number of carbonyl (C=O) groups excluding carboxylic acids is 1. The van der Waals surface area contributed by atoms with Crippen molar-refractivity contribution in [3.05, 3.63) is 41.5 Å². The number of ether oxygens (including phenoxy) is 1. The van der Waals surface area contributed by atoms with Crippen molar-refractivity contribution in [2.75, 3.05) is 19.8 Å². The van der Waals surface area contributed by atoms with E-state index in [0.717, 1.165) is 29.6 Å². The third-order valence-electron chi connectivity index (χ3n) is 4.89. The molecule has 0 spiro atoms. The molecule has 1 saturated carbocycles. The lowest BCUT2D eigenvalue weighted by molar-refractivity contribution is -0.132. The van der Waals surface area contributed by atoms with Crippen molar-refractivity contribution >= 4 is 5.91 Å². The normalized spacial score (nSPS) is 19.7. The number of amides is 1. The van der Waals surface area contributed by atoms with Crippen molar-refractivity contribution in [1.82, 2.24) is 24.9 Å². The molecule has 2 aliphatic rings. The molecule has 0 radical (unpaired) electrons. The third kappa shape index (κ3) is 3.71. The molecule has 2 aromatic rings. The molecule has 7 nitrogen and oxygen atoms in total. The van der Waals surface area contributed by atoms with Crippen LogP contribution in [0, 0.1) is 5.92 Å². The molecule has 25 heavy (non-hydrogen) atoms. The molecule has 1 amide bonds. The van der Waals surface area contributed by atoms with Crippen LogP contribution in [0.25, 0.3) is 0 Å². The number of rotatable bonds is 6. The molecule has 1 aliphatic heterocycles. The third-order valence-corrected chi connectivity index (χ3v) is 4.89. The topological polar surface area (TPSA) is 73.1 Å². The Hall–Kier alpha value is -2.28. The van der Waals surface area contributed by atoms with Crippen LogP contribution >= 0.6 is 0 Å². The number of aromatic nitrogens is 4. The van der Waals surface area contributed by atoms with Crippen molar-refractivity contribution in [3.63, 3.8) is 0 Å². The highest BCUT2D eigenvalue weighted by Gasteiger charge is 2.33. The summed E-state index contributed by atoms with van der Waals surface area (Å²) in [4.78, 5) is 18.8. The van der Waals surface area contributed by atoms with Gasteiger partial charge in [0, 0.05) is 38.0 Å². The maximum atomic E-state index is 12.7. The highest BCUT2D eigenvalue weighted by Crippen LogP contribution is 2.31. The predicted molar refractivity (Wildman–Crippen MR) is 90.6 cm³/mol. The quantitative estimate of drug-likeness (QED) is 0.792. The SMILES string of the molecule is Cn1nnc2c1[C@@H](COCC1CC1)CN(C(=O)Cc1ccccn1)C2. The molecule has 0 unspecified atom stereocenters. The summed E-state index contributed by atoms with van der Waals surface area (Å²) in [5.74, 6) is 0.923. The molecule has 7 heteroatoms. The molecule has 1 aliphatic carbocycles. The van der Waals surface area contributed by atoms with Gasteiger partial charge < -0.3 is 9.64 Å². The van der Waals surface area contributed by atoms with Gasteiger partial charge in [-0.3, -0.25) is 14.5 Å². The standard InChI is InChI=1S/C18H23N5O2/c1-22-18-14(12-25-11-13-5-6-13)9-23(10-16(18)20-21-22)17(24)8-15-4-2-3-7-19-15/h2-4,7,13-14H,5-6,8-12H2,1H3/t14-/m1/s1. The van der Waals surface area contributed by atoms with Gasteiger partial charge >= 0.3 is 0 Å². The molecule has 4 rings (SSSR count). The van der Waals surface area contributed by atoms with E-state index in [0.29, 0.717) is 26.1 Å². The summed E-state index contributed by atoms with van der Waals surface area (Å²) in [6, 6.07) is 5.64. The van der Waals surface area contributed by atoms with E-state index in [-0.39, 0.29) is 11.8 Å². The van der Waals surface area contributed by atoms with Gasteiger partial charge in [-0.25, -0.2) is 0 Å². The second-order valence-electron chi connectivity index (χ2n) is 6.99. The van der Waals surface area contributed by atoms with Gasteiger partial charge in [-0.2, -0.15) is 0 Å². The van der Waals surface area contributed by atoms with Gasteiger partial charge in [-0.1, -0.05) is 11.3 Å². The Labute approximate surface area is 147 Å². The number of nitrogens with zero attached hydrogens (tertiary/aromatic N) is 5. The lowest BCUT2D eigenvalue weighted by Gasteiger charge is -2.32. The van der Waals surface area contributed by atoms with E-state index in [1.807, 2.05) is 34.8 Å². The summed E-state index contributed by atoms with van der Waals surface area (Å²) in [5, 5.41) is 8.39. The summed E-state index contributed by atoms with van der Waals surface area (Å²) in [6.45, 7) is 2.58. The molecule has 0 bridgehead atoms. The Balaban J connectivity index is 1.45. The van der Waals surface area contributed by atoms with Gasteiger partial charge in [-0.15, -0.1) is 5.10 Å². The van der Waals surface area contributed by atoms with Crippen LogP contribution in [-0.2, 0) is 29.5 Å². The van der Waals surface area contributed by atoms with Crippen LogP contribution in [0.4, 0.5) is 0 Å². The predicted octanol–water partition coefficient (Wildman–Crippen LogP) is 1.31. The molecule has 1 fully saturated rings. The second-order valence-corrected chi connectivity index (χ2v) is 6.99.